The zero-order valence-corrected chi connectivity index (χ0v) is 71.4. The molecule has 0 unspecified atom stereocenters. The second-order valence-electron chi connectivity index (χ2n) is 35.2. The van der Waals surface area contributed by atoms with E-state index in [0.29, 0.717) is 19.3 Å². The monoisotopic (exact) mass is 1660 g/mol. The third-order valence-corrected chi connectivity index (χ3v) is 20.9. The van der Waals surface area contributed by atoms with E-state index < -0.39 is 225 Å². The SMILES string of the molecule is CC[C@](C)(NC(=O)[C@H](CCC(N)=O)NC(=O)[C@@H]1C[C@@H](O)CN1C(=O)C(C)(C)NC(=O)C(C)(C)NC(=O)[C@H](CC(C)C)NC(=O)CNC(=O)C(C)(C)NC(=O)C(C)(C)NC(=O)C(C)(C)NC(=O)C(C)(C)NC(=O)[C@H](Cc1ccccc1)NC(C)=O)C(=O)N1C[C@H](O)C[C@H]1C(=O)NC(C)(C)C(=O)N1CCC[C@H]1C(=O)N[C@H](CO)Cc1ccccc1. The Labute approximate surface area is 689 Å². The van der Waals surface area contributed by atoms with Gasteiger partial charge in [-0.2, -0.15) is 0 Å². The molecule has 118 heavy (non-hydrogen) atoms. The van der Waals surface area contributed by atoms with E-state index in [2.05, 4.69) is 69.1 Å². The molecular formula is C81H125N17O20. The van der Waals surface area contributed by atoms with Crippen LogP contribution >= 0.6 is 0 Å². The van der Waals surface area contributed by atoms with Crippen LogP contribution in [0.3, 0.4) is 0 Å². The van der Waals surface area contributed by atoms with Crippen LogP contribution in [-0.4, -0.2) is 262 Å². The number of nitrogens with one attached hydrogen (secondary N) is 13. The minimum Gasteiger partial charge on any atom is -0.394 e. The summed E-state index contributed by atoms with van der Waals surface area (Å²) in [5, 5.41) is 66.0. The first kappa shape index (κ1) is 97.9. The number of benzene rings is 2. The molecule has 3 aliphatic rings. The van der Waals surface area contributed by atoms with Gasteiger partial charge in [0.15, 0.2) is 0 Å². The highest BCUT2D eigenvalue weighted by molar-refractivity contribution is 6.04. The Morgan fingerprint density at radius 1 is 0.466 bits per heavy atom. The second-order valence-corrected chi connectivity index (χ2v) is 35.2. The predicted molar refractivity (Wildman–Crippen MR) is 431 cm³/mol. The predicted octanol–water partition coefficient (Wildman–Crippen LogP) is -2.69. The average Bonchev–Trinajstić information content (AvgIpc) is 1.59. The number of hydrogen-bond donors (Lipinski definition) is 17. The molecule has 0 aliphatic carbocycles. The standard InChI is InChI=1S/C81H125N17O20/c1-20-81(19,73(118)98-43-51(102)40-57(98)65(110)90-79(15,16)71(116)96-35-27-32-55(96)63(108)85-49(44-99)37-47-28-23-21-24-29-47)91-60(105)52(33-34-58(82)103)87-64(109)56-39-50(101)42-97(56)72(117)80(17,18)95-68(113)76(9,10)88-61(106)53(36-45(2)3)86-59(104)41-83-66(111)74(5,6)92-69(114)77(11,12)94-70(115)78(13,14)93-67(112)75(7,8)89-62(107)54(84-46(4)100)38-48-30-25-22-26-31-48/h21-26,28-31,45,49-57,99,101-102H,20,27,32-44H2,1-19H3,(H2,82,103)(H,83,111)(H,84,100)(H,85,108)(H,86,104)(H,87,109)(H,88,106)(H,89,107)(H,90,110)(H,91,105)(H,92,114)(H,93,112)(H,94,115)(H,95,113)/t49-,50+,51+,52-,53-,54-,55-,56-,57-,81-/m0/s1. The van der Waals surface area contributed by atoms with Gasteiger partial charge in [0.2, 0.25) is 100 Å². The first-order chi connectivity index (χ1) is 54.4. The Hall–Kier alpha value is -10.7. The van der Waals surface area contributed by atoms with Crippen molar-refractivity contribution in [2.75, 3.05) is 32.8 Å². The normalized spacial score (nSPS) is 18.8. The molecule has 2 aromatic carbocycles. The molecule has 18 N–H and O–H groups in total. The van der Waals surface area contributed by atoms with Crippen molar-refractivity contribution >= 4 is 100 Å². The fraction of sp³-hybridized carbons (Fsp3) is 0.642. The molecule has 0 radical (unpaired) electrons. The number of aliphatic hydroxyl groups is 3. The number of amides is 17. The second kappa shape index (κ2) is 40.2. The van der Waals surface area contributed by atoms with Crippen LogP contribution in [0.25, 0.3) is 0 Å². The quantitative estimate of drug-likeness (QED) is 0.0324. The highest BCUT2D eigenvalue weighted by Crippen LogP contribution is 2.29. The molecule has 37 nitrogen and oxygen atoms in total. The van der Waals surface area contributed by atoms with Gasteiger partial charge in [0.05, 0.1) is 31.4 Å². The molecule has 5 rings (SSSR count). The lowest BCUT2D eigenvalue weighted by atomic mass is 9.94. The summed E-state index contributed by atoms with van der Waals surface area (Å²) in [6, 6.07) is 9.57. The highest BCUT2D eigenvalue weighted by atomic mass is 16.3. The molecule has 3 saturated heterocycles. The molecule has 0 bridgehead atoms. The summed E-state index contributed by atoms with van der Waals surface area (Å²) in [5.41, 5.74) is -7.03. The molecular weight excluding hydrogens is 1530 g/mol. The maximum atomic E-state index is 14.8. The smallest absolute Gasteiger partial charge is 0.248 e. The van der Waals surface area contributed by atoms with Gasteiger partial charge in [-0.1, -0.05) is 81.4 Å². The summed E-state index contributed by atoms with van der Waals surface area (Å²) in [7, 11) is 0. The van der Waals surface area contributed by atoms with E-state index in [4.69, 9.17) is 5.73 Å². The number of carbonyl (C=O) groups excluding carboxylic acids is 17. The van der Waals surface area contributed by atoms with E-state index in [1.54, 1.807) is 51.1 Å². The van der Waals surface area contributed by atoms with Crippen molar-refractivity contribution in [2.24, 2.45) is 11.7 Å². The van der Waals surface area contributed by atoms with Crippen LogP contribution in [0.4, 0.5) is 0 Å². The lowest BCUT2D eigenvalue weighted by Gasteiger charge is -2.38. The lowest BCUT2D eigenvalue weighted by molar-refractivity contribution is -0.149. The summed E-state index contributed by atoms with van der Waals surface area (Å²) in [5.74, 6) is -14.0. The molecule has 0 spiro atoms. The Kier molecular flexibility index (Phi) is 33.3. The lowest BCUT2D eigenvalue weighted by Crippen LogP contribution is -2.68. The van der Waals surface area contributed by atoms with E-state index in [1.807, 2.05) is 30.3 Å². The van der Waals surface area contributed by atoms with Crippen molar-refractivity contribution in [1.82, 2.24) is 83.8 Å². The van der Waals surface area contributed by atoms with Crippen molar-refractivity contribution in [3.63, 3.8) is 0 Å². The molecule has 3 fully saturated rings. The number of rotatable bonds is 39. The molecule has 17 amide bonds. The van der Waals surface area contributed by atoms with Crippen LogP contribution in [0.5, 0.6) is 0 Å². The van der Waals surface area contributed by atoms with E-state index in [9.17, 15) is 96.8 Å². The molecule has 3 aliphatic heterocycles. The van der Waals surface area contributed by atoms with Crippen LogP contribution in [-0.2, 0) is 94.3 Å². The third kappa shape index (κ3) is 26.9. The molecule has 3 heterocycles. The van der Waals surface area contributed by atoms with Crippen LogP contribution in [0, 0.1) is 5.92 Å². The summed E-state index contributed by atoms with van der Waals surface area (Å²) in [4.78, 5) is 239. The van der Waals surface area contributed by atoms with Crippen LogP contribution in [0.15, 0.2) is 60.7 Å². The van der Waals surface area contributed by atoms with Crippen molar-refractivity contribution in [3.05, 3.63) is 71.8 Å². The first-order valence-corrected chi connectivity index (χ1v) is 39.7. The minimum atomic E-state index is -1.91. The highest BCUT2D eigenvalue weighted by Gasteiger charge is 2.52. The number of hydrogen-bond acceptors (Lipinski definition) is 20. The number of nitrogens with two attached hydrogens (primary N) is 1. The zero-order chi connectivity index (χ0) is 89.3. The number of carbonyl (C=O) groups is 17. The van der Waals surface area contributed by atoms with Gasteiger partial charge in [0, 0.05) is 52.2 Å². The van der Waals surface area contributed by atoms with Gasteiger partial charge in [-0.05, 0) is 159 Å². The Bertz CT molecular complexity index is 4060. The summed E-state index contributed by atoms with van der Waals surface area (Å²) in [6.45, 7) is 24.8. The van der Waals surface area contributed by atoms with Gasteiger partial charge in [0.1, 0.15) is 80.6 Å². The number of likely N-dealkylation sites (tertiary alicyclic amines) is 3. The average molecular weight is 1660 g/mol. The van der Waals surface area contributed by atoms with Gasteiger partial charge in [-0.3, -0.25) is 81.5 Å². The number of β-amino-alcohol motifs (C(OH)–C–C–N with tert-alkyl or cyclic N) is 2. The Morgan fingerprint density at radius 2 is 0.881 bits per heavy atom. The topological polar surface area (TPSA) is 543 Å². The summed E-state index contributed by atoms with van der Waals surface area (Å²) < 4.78 is 0. The minimum absolute atomic E-state index is 0.00717. The van der Waals surface area contributed by atoms with Crippen LogP contribution in [0.2, 0.25) is 0 Å². The van der Waals surface area contributed by atoms with E-state index >= 15 is 0 Å². The van der Waals surface area contributed by atoms with Crippen molar-refractivity contribution < 1.29 is 96.8 Å². The fourth-order valence-corrected chi connectivity index (χ4v) is 13.7. The van der Waals surface area contributed by atoms with Crippen molar-refractivity contribution in [2.45, 2.75) is 295 Å². The van der Waals surface area contributed by atoms with Gasteiger partial charge in [0.25, 0.3) is 0 Å². The van der Waals surface area contributed by atoms with E-state index in [0.717, 1.165) is 20.9 Å². The van der Waals surface area contributed by atoms with Crippen molar-refractivity contribution in [1.29, 1.82) is 0 Å². The molecule has 2 aromatic rings. The molecule has 10 atom stereocenters. The Balaban J connectivity index is 1.17. The summed E-state index contributed by atoms with van der Waals surface area (Å²) in [6.07, 6.45) is -3.07. The van der Waals surface area contributed by atoms with Gasteiger partial charge >= 0.3 is 0 Å². The summed E-state index contributed by atoms with van der Waals surface area (Å²) >= 11 is 0. The third-order valence-electron chi connectivity index (χ3n) is 20.9. The largest absolute Gasteiger partial charge is 0.394 e. The molecule has 37 heteroatoms. The Morgan fingerprint density at radius 3 is 1.35 bits per heavy atom. The van der Waals surface area contributed by atoms with Gasteiger partial charge in [-0.15, -0.1) is 0 Å². The molecule has 0 saturated carbocycles. The van der Waals surface area contributed by atoms with Gasteiger partial charge in [-0.25, -0.2) is 0 Å². The zero-order valence-electron chi connectivity index (χ0n) is 71.4. The fourth-order valence-electron chi connectivity index (χ4n) is 13.7. The van der Waals surface area contributed by atoms with Crippen LogP contribution < -0.4 is 74.9 Å². The van der Waals surface area contributed by atoms with Crippen LogP contribution in [0.1, 0.15) is 194 Å². The van der Waals surface area contributed by atoms with E-state index in [1.165, 1.54) is 116 Å². The first-order valence-electron chi connectivity index (χ1n) is 39.7. The maximum Gasteiger partial charge on any atom is 0.248 e. The van der Waals surface area contributed by atoms with Gasteiger partial charge < -0.3 is 105 Å². The maximum absolute atomic E-state index is 14.8. The molecule has 654 valence electrons. The number of aliphatic hydroxyl groups excluding tert-OH is 3. The number of nitrogens with zero attached hydrogens (tertiary/aromatic N) is 3. The van der Waals surface area contributed by atoms with Crippen molar-refractivity contribution in [3.8, 4) is 0 Å². The van der Waals surface area contributed by atoms with E-state index in [-0.39, 0.29) is 57.7 Å². The molecule has 0 aromatic heterocycles. The number of primary amides is 1.